The molecule has 2 aliphatic carbocycles. The Labute approximate surface area is 293 Å². The summed E-state index contributed by atoms with van der Waals surface area (Å²) in [6, 6.07) is 33.2. The topological polar surface area (TPSA) is 17.1 Å². The summed E-state index contributed by atoms with van der Waals surface area (Å²) in [6.07, 6.45) is 6.88. The van der Waals surface area contributed by atoms with Crippen molar-refractivity contribution in [3.05, 3.63) is 172 Å². The number of halogens is 2. The zero-order valence-corrected chi connectivity index (χ0v) is 30.0. The number of benzene rings is 4. The maximum atomic E-state index is 15.1. The zero-order valence-electron chi connectivity index (χ0n) is 27.4. The molecule has 0 heterocycles. The largest absolute Gasteiger partial charge is 0.587 e. The smallest absolute Gasteiger partial charge is 0.325 e. The summed E-state index contributed by atoms with van der Waals surface area (Å²) in [7, 11) is 1.73. The average Bonchev–Trinajstić information content (AvgIpc) is 3.43. The standard InChI is InChI=1S/C41H38F2NOSi.Ti/c1-41(2,3)44(4,5)46(45)30-26-36-32-21-12-13-22-34(32)39(40(42)43)35-25-15-24-33(38(35)37(36)27-30)31(29-19-10-7-11-20-29)23-14-18-28-16-8-6-9-17-28;/h6-26H,27H2,1-5H3;/q+1;. The molecule has 0 aliphatic heterocycles. The molecule has 0 unspecified atom stereocenters. The molecular formula is C41H38F2NOSiTi+. The van der Waals surface area contributed by atoms with Crippen molar-refractivity contribution in [1.82, 2.24) is 0 Å². The van der Waals surface area contributed by atoms with Gasteiger partial charge in [0.25, 0.3) is 6.08 Å². The van der Waals surface area contributed by atoms with Crippen molar-refractivity contribution in [3.63, 3.8) is 0 Å². The van der Waals surface area contributed by atoms with Gasteiger partial charge in [0.2, 0.25) is 0 Å². The molecule has 6 rings (SSSR count). The molecule has 234 valence electrons. The third-order valence-electron chi connectivity index (χ3n) is 9.51. The van der Waals surface area contributed by atoms with Gasteiger partial charge in [0.1, 0.15) is 0 Å². The van der Waals surface area contributed by atoms with E-state index in [4.69, 9.17) is 0 Å². The van der Waals surface area contributed by atoms with Crippen molar-refractivity contribution < 1.29 is 39.1 Å². The molecule has 2 nitrogen and oxygen atoms in total. The normalized spacial score (nSPS) is 14.6. The van der Waals surface area contributed by atoms with Crippen LogP contribution >= 0.6 is 0 Å². The fourth-order valence-electron chi connectivity index (χ4n) is 6.24. The Bertz CT molecular complexity index is 1990. The molecule has 0 spiro atoms. The molecule has 0 aromatic heterocycles. The van der Waals surface area contributed by atoms with Crippen LogP contribution in [0.4, 0.5) is 8.78 Å². The van der Waals surface area contributed by atoms with Gasteiger partial charge < -0.3 is 8.61 Å². The predicted molar refractivity (Wildman–Crippen MR) is 188 cm³/mol. The van der Waals surface area contributed by atoms with Gasteiger partial charge in [-0.3, -0.25) is 0 Å². The minimum atomic E-state index is -2.31. The van der Waals surface area contributed by atoms with Crippen molar-refractivity contribution in [2.45, 2.75) is 32.7 Å². The van der Waals surface area contributed by atoms with Crippen LogP contribution in [-0.2, 0) is 26.2 Å². The van der Waals surface area contributed by atoms with Crippen molar-refractivity contribution in [2.24, 2.45) is 0 Å². The van der Waals surface area contributed by atoms with Gasteiger partial charge in [-0.05, 0) is 82.5 Å². The van der Waals surface area contributed by atoms with E-state index in [2.05, 4.69) is 39.0 Å². The molecule has 6 heteroatoms. The number of rotatable bonds is 6. The summed E-state index contributed by atoms with van der Waals surface area (Å²) in [4.78, 5) is 0. The molecular weight excluding hydrogens is 636 g/mol. The van der Waals surface area contributed by atoms with Gasteiger partial charge in [-0.15, -0.1) is 0 Å². The fraction of sp³-hybridized carbons (Fsp3) is 0.171. The molecule has 0 bridgehead atoms. The van der Waals surface area contributed by atoms with Crippen LogP contribution in [0.15, 0.2) is 133 Å². The fourth-order valence-corrected chi connectivity index (χ4v) is 8.16. The summed E-state index contributed by atoms with van der Waals surface area (Å²) >= 11 is 0. The van der Waals surface area contributed by atoms with Crippen LogP contribution in [0.3, 0.4) is 0 Å². The Balaban J connectivity index is 0.00000433. The first-order chi connectivity index (χ1) is 22.0. The molecule has 0 saturated carbocycles. The molecule has 0 saturated heterocycles. The van der Waals surface area contributed by atoms with Gasteiger partial charge in [-0.25, -0.2) is 0 Å². The van der Waals surface area contributed by atoms with Crippen molar-refractivity contribution in [2.75, 3.05) is 14.1 Å². The Morgan fingerprint density at radius 1 is 0.787 bits per heavy atom. The summed E-state index contributed by atoms with van der Waals surface area (Å²) in [5.74, 6) is 0. The Morgan fingerprint density at radius 3 is 2.02 bits per heavy atom. The van der Waals surface area contributed by atoms with Crippen LogP contribution in [0.1, 0.15) is 66.1 Å². The monoisotopic (exact) mass is 674 g/mol. The first kappa shape index (κ1) is 34.5. The second kappa shape index (κ2) is 13.7. The Hall–Kier alpha value is -3.87. The second-order valence-corrected chi connectivity index (χ2v) is 15.7. The van der Waals surface area contributed by atoms with Gasteiger partial charge in [0.15, 0.2) is 0 Å². The van der Waals surface area contributed by atoms with Crippen LogP contribution in [-0.4, -0.2) is 32.6 Å². The zero-order chi connectivity index (χ0) is 32.6. The maximum absolute atomic E-state index is 15.1. The van der Waals surface area contributed by atoms with E-state index in [0.717, 1.165) is 49.7 Å². The number of nitrogens with zero attached hydrogens (tertiary/aromatic N) is 1. The van der Waals surface area contributed by atoms with E-state index < -0.39 is 14.9 Å². The number of quaternary nitrogens is 1. The molecule has 4 aromatic carbocycles. The number of fused-ring (bicyclic) bond motifs is 4. The van der Waals surface area contributed by atoms with E-state index in [1.54, 1.807) is 12.1 Å². The summed E-state index contributed by atoms with van der Waals surface area (Å²) in [5, 5.41) is 0.868. The molecule has 0 radical (unpaired) electrons. The van der Waals surface area contributed by atoms with Crippen LogP contribution < -0.4 is 0 Å². The number of allylic oxidation sites excluding steroid dienone is 6. The van der Waals surface area contributed by atoms with Gasteiger partial charge in [0.05, 0.1) is 25.2 Å². The minimum Gasteiger partial charge on any atom is -0.325 e. The molecule has 0 atom stereocenters. The van der Waals surface area contributed by atoms with Crippen LogP contribution in [0.25, 0.3) is 28.4 Å². The summed E-state index contributed by atoms with van der Waals surface area (Å²) < 4.78 is 45.0. The van der Waals surface area contributed by atoms with Gasteiger partial charge >= 0.3 is 8.84 Å². The van der Waals surface area contributed by atoms with Gasteiger partial charge in [-0.2, -0.15) is 8.78 Å². The third-order valence-corrected chi connectivity index (χ3v) is 12.1. The second-order valence-electron chi connectivity index (χ2n) is 13.3. The average molecular weight is 675 g/mol. The summed E-state index contributed by atoms with van der Waals surface area (Å²) in [5.41, 5.74) is 7.82. The van der Waals surface area contributed by atoms with E-state index in [1.165, 1.54) is 0 Å². The van der Waals surface area contributed by atoms with E-state index >= 15 is 8.78 Å². The van der Waals surface area contributed by atoms with Crippen molar-refractivity contribution >= 4 is 37.2 Å². The summed E-state index contributed by atoms with van der Waals surface area (Å²) in [6.45, 7) is 6.31. The van der Waals surface area contributed by atoms with E-state index in [-0.39, 0.29) is 32.8 Å². The Morgan fingerprint density at radius 2 is 1.38 bits per heavy atom. The van der Waals surface area contributed by atoms with Gasteiger partial charge in [-0.1, -0.05) is 121 Å². The molecule has 4 aromatic rings. The maximum Gasteiger partial charge on any atom is 0.587 e. The molecule has 0 amide bonds. The first-order valence-corrected chi connectivity index (χ1v) is 17.0. The van der Waals surface area contributed by atoms with E-state index in [1.807, 2.05) is 111 Å². The van der Waals surface area contributed by atoms with Crippen molar-refractivity contribution in [1.29, 1.82) is 0 Å². The van der Waals surface area contributed by atoms with Gasteiger partial charge in [0, 0.05) is 33.3 Å². The first-order valence-electron chi connectivity index (χ1n) is 15.6. The minimum absolute atomic E-state index is 0. The number of hydrogen-bond donors (Lipinski definition) is 0. The molecule has 0 fully saturated rings. The van der Waals surface area contributed by atoms with Crippen LogP contribution in [0, 0.1) is 0 Å². The third kappa shape index (κ3) is 6.51. The van der Waals surface area contributed by atoms with Crippen molar-refractivity contribution in [3.8, 4) is 0 Å². The predicted octanol–water partition coefficient (Wildman–Crippen LogP) is 10.4. The quantitative estimate of drug-likeness (QED) is 0.147. The van der Waals surface area contributed by atoms with E-state index in [9.17, 15) is 4.46 Å². The van der Waals surface area contributed by atoms with Crippen LogP contribution in [0.5, 0.6) is 0 Å². The number of hydrogen-bond acceptors (Lipinski definition) is 1. The van der Waals surface area contributed by atoms with E-state index in [0.29, 0.717) is 21.7 Å². The molecule has 2 aliphatic rings. The molecule has 0 N–H and O–H groups in total. The SMILES string of the molecule is CC(C)(C)[N+](C)(C)[Si](=O)C1=CC2=C(C1)c1c(C(=CC=Cc3ccccc3)c3ccccc3)cccc1C(=C(F)F)c1ccccc12.[Ti]. The Kier molecular flexibility index (Phi) is 10.0. The molecule has 47 heavy (non-hydrogen) atoms. The van der Waals surface area contributed by atoms with Crippen LogP contribution in [0.2, 0.25) is 0 Å².